The largest absolute Gasteiger partial charge is 0.277 e. The topological polar surface area (TPSA) is 35.6 Å². The highest BCUT2D eigenvalue weighted by Crippen LogP contribution is 2.33. The summed E-state index contributed by atoms with van der Waals surface area (Å²) in [6.07, 6.45) is 16.5. The summed E-state index contributed by atoms with van der Waals surface area (Å²) >= 11 is 4.52. The van der Waals surface area contributed by atoms with E-state index in [1.807, 2.05) is 36.5 Å². The van der Waals surface area contributed by atoms with Gasteiger partial charge in [0.25, 0.3) is 0 Å². The van der Waals surface area contributed by atoms with E-state index in [2.05, 4.69) is 35.0 Å². The van der Waals surface area contributed by atoms with Crippen LogP contribution in [0, 0.1) is 0 Å². The third-order valence-corrected chi connectivity index (χ3v) is 4.86. The number of hydrogen-bond donors (Lipinski definition) is 1. The van der Waals surface area contributed by atoms with E-state index < -0.39 is 0 Å². The Kier molecular flexibility index (Phi) is 3.73. The minimum atomic E-state index is 0.894. The van der Waals surface area contributed by atoms with Crippen LogP contribution >= 0.6 is 12.8 Å². The maximum absolute atomic E-state index is 4.66. The van der Waals surface area contributed by atoms with Crippen molar-refractivity contribution in [3.05, 3.63) is 42.5 Å². The van der Waals surface area contributed by atoms with Gasteiger partial charge in [0.1, 0.15) is 5.65 Å². The lowest BCUT2D eigenvalue weighted by atomic mass is 10.0. The Morgan fingerprint density at radius 2 is 2.00 bits per heavy atom. The molecule has 0 saturated carbocycles. The van der Waals surface area contributed by atoms with Crippen molar-refractivity contribution in [2.24, 2.45) is 7.05 Å². The summed E-state index contributed by atoms with van der Waals surface area (Å²) in [5.41, 5.74) is 5.79. The summed E-state index contributed by atoms with van der Waals surface area (Å²) in [4.78, 5) is 4.66. The average Bonchev–Trinajstić information content (AvgIpc) is 3.00. The molecule has 0 fully saturated rings. The molecule has 0 amide bonds. The van der Waals surface area contributed by atoms with E-state index in [0.717, 1.165) is 28.6 Å². The van der Waals surface area contributed by atoms with E-state index in [4.69, 9.17) is 0 Å². The Morgan fingerprint density at radius 3 is 2.83 bits per heavy atom. The van der Waals surface area contributed by atoms with Gasteiger partial charge < -0.3 is 0 Å². The lowest BCUT2D eigenvalue weighted by molar-refractivity contribution is 0.720. The molecule has 5 heteroatoms. The molecule has 4 nitrogen and oxygen atoms in total. The van der Waals surface area contributed by atoms with Crippen LogP contribution in [0.15, 0.2) is 36.9 Å². The number of aryl methyl sites for hydroxylation is 1. The molecule has 0 aliphatic heterocycles. The van der Waals surface area contributed by atoms with Gasteiger partial charge in [-0.2, -0.15) is 5.10 Å². The molecular formula is C18H20N4S. The quantitative estimate of drug-likeness (QED) is 0.706. The first kappa shape index (κ1) is 14.6. The van der Waals surface area contributed by atoms with Gasteiger partial charge in [-0.15, -0.1) is 0 Å². The lowest BCUT2D eigenvalue weighted by Crippen LogP contribution is -1.88. The predicted molar refractivity (Wildman–Crippen MR) is 97.4 cm³/mol. The van der Waals surface area contributed by atoms with Gasteiger partial charge in [-0.1, -0.05) is 25.3 Å². The first-order valence-corrected chi connectivity index (χ1v) is 8.51. The zero-order valence-electron chi connectivity index (χ0n) is 13.2. The molecule has 3 aromatic heterocycles. The Bertz CT molecular complexity index is 888. The average molecular weight is 324 g/mol. The fourth-order valence-corrected chi connectivity index (χ4v) is 3.61. The summed E-state index contributed by atoms with van der Waals surface area (Å²) in [5.74, 6) is 0. The highest BCUT2D eigenvalue weighted by Gasteiger charge is 2.14. The molecule has 0 atom stereocenters. The molecule has 1 aliphatic carbocycles. The van der Waals surface area contributed by atoms with Crippen LogP contribution in [-0.4, -0.2) is 18.7 Å². The first-order valence-electron chi connectivity index (χ1n) is 8.11. The molecular weight excluding hydrogens is 304 g/mol. The zero-order chi connectivity index (χ0) is 15.8. The maximum Gasteiger partial charge on any atom is 0.150 e. The van der Waals surface area contributed by atoms with Crippen LogP contribution in [0.2, 0.25) is 0 Å². The molecule has 0 saturated heterocycles. The molecule has 3 aromatic rings. The summed E-state index contributed by atoms with van der Waals surface area (Å²) in [6.45, 7) is 0. The Balaban J connectivity index is 1.85. The van der Waals surface area contributed by atoms with Crippen LogP contribution in [-0.2, 0) is 7.05 Å². The van der Waals surface area contributed by atoms with Crippen molar-refractivity contribution in [2.75, 3.05) is 0 Å². The summed E-state index contributed by atoms with van der Waals surface area (Å²) in [7, 11) is 1.93. The van der Waals surface area contributed by atoms with E-state index in [0.29, 0.717) is 0 Å². The molecule has 23 heavy (non-hydrogen) atoms. The van der Waals surface area contributed by atoms with Crippen molar-refractivity contribution in [2.45, 2.75) is 32.1 Å². The van der Waals surface area contributed by atoms with Crippen LogP contribution in [0.3, 0.4) is 0 Å². The van der Waals surface area contributed by atoms with Gasteiger partial charge in [-0.25, -0.2) is 4.98 Å². The second kappa shape index (κ2) is 5.89. The summed E-state index contributed by atoms with van der Waals surface area (Å²) < 4.78 is 3.62. The van der Waals surface area contributed by atoms with Crippen molar-refractivity contribution in [3.8, 4) is 11.1 Å². The number of hydrogen-bond acceptors (Lipinski definition) is 3. The van der Waals surface area contributed by atoms with E-state index in [1.54, 1.807) is 3.97 Å². The fourth-order valence-electron chi connectivity index (χ4n) is 3.33. The van der Waals surface area contributed by atoms with Crippen molar-refractivity contribution in [1.29, 1.82) is 0 Å². The maximum atomic E-state index is 4.66. The second-order valence-corrected chi connectivity index (χ2v) is 6.64. The van der Waals surface area contributed by atoms with Gasteiger partial charge in [0.05, 0.1) is 6.20 Å². The molecule has 1 aliphatic rings. The van der Waals surface area contributed by atoms with Crippen molar-refractivity contribution >= 4 is 29.4 Å². The normalized spacial score (nSPS) is 15.7. The molecule has 0 bridgehead atoms. The van der Waals surface area contributed by atoms with Crippen LogP contribution < -0.4 is 0 Å². The molecule has 118 valence electrons. The monoisotopic (exact) mass is 324 g/mol. The van der Waals surface area contributed by atoms with E-state index in [9.17, 15) is 0 Å². The number of allylic oxidation sites excluding steroid dienone is 2. The number of nitrogens with zero attached hydrogens (tertiary/aromatic N) is 4. The van der Waals surface area contributed by atoms with E-state index in [1.165, 1.54) is 36.8 Å². The number of pyridine rings is 1. The van der Waals surface area contributed by atoms with Crippen LogP contribution in [0.25, 0.3) is 27.7 Å². The molecule has 0 radical (unpaired) electrons. The fraction of sp³-hybridized carbons (Fsp3) is 0.333. The van der Waals surface area contributed by atoms with Gasteiger partial charge in [0, 0.05) is 42.2 Å². The van der Waals surface area contributed by atoms with Crippen molar-refractivity contribution in [1.82, 2.24) is 18.7 Å². The van der Waals surface area contributed by atoms with Gasteiger partial charge in [0.2, 0.25) is 0 Å². The smallest absolute Gasteiger partial charge is 0.150 e. The molecule has 3 heterocycles. The molecule has 0 N–H and O–H groups in total. The minimum Gasteiger partial charge on any atom is -0.277 e. The first-order chi connectivity index (χ1) is 11.2. The Hall–Kier alpha value is -2.01. The Morgan fingerprint density at radius 1 is 1.09 bits per heavy atom. The molecule has 0 unspecified atom stereocenters. The third-order valence-electron chi connectivity index (χ3n) is 4.55. The molecule has 4 rings (SSSR count). The summed E-state index contributed by atoms with van der Waals surface area (Å²) in [6, 6.07) is 2.26. The number of aromatic nitrogens is 4. The van der Waals surface area contributed by atoms with Crippen LogP contribution in [0.4, 0.5) is 0 Å². The Labute approximate surface area is 141 Å². The van der Waals surface area contributed by atoms with Crippen molar-refractivity contribution in [3.63, 3.8) is 0 Å². The number of thiol groups is 1. The van der Waals surface area contributed by atoms with E-state index >= 15 is 0 Å². The minimum absolute atomic E-state index is 0.894. The van der Waals surface area contributed by atoms with Gasteiger partial charge in [-0.3, -0.25) is 8.65 Å². The lowest BCUT2D eigenvalue weighted by Gasteiger charge is -2.06. The van der Waals surface area contributed by atoms with Crippen molar-refractivity contribution < 1.29 is 0 Å². The van der Waals surface area contributed by atoms with Crippen LogP contribution in [0.5, 0.6) is 0 Å². The number of fused-ring (bicyclic) bond motifs is 1. The SMILES string of the molecule is Cn1cc(-c2cn(S)c3ncc(C4=CCCCCC4)cc23)cn1. The van der Waals surface area contributed by atoms with Gasteiger partial charge in [0.15, 0.2) is 0 Å². The number of rotatable bonds is 2. The highest BCUT2D eigenvalue weighted by molar-refractivity contribution is 7.78. The van der Waals surface area contributed by atoms with E-state index in [-0.39, 0.29) is 0 Å². The molecule has 0 spiro atoms. The van der Waals surface area contributed by atoms with Gasteiger partial charge >= 0.3 is 0 Å². The third kappa shape index (κ3) is 2.70. The molecule has 0 aromatic carbocycles. The zero-order valence-corrected chi connectivity index (χ0v) is 14.1. The highest BCUT2D eigenvalue weighted by atomic mass is 32.1. The standard InChI is InChI=1S/C18H20N4S/c1-21-11-15(10-20-21)17-12-22(23)18-16(17)8-14(9-19-18)13-6-4-2-3-5-7-13/h6,8-12,23H,2-5,7H2,1H3. The predicted octanol–water partition coefficient (Wildman–Crippen LogP) is 4.48. The van der Waals surface area contributed by atoms with Crippen LogP contribution in [0.1, 0.15) is 37.7 Å². The van der Waals surface area contributed by atoms with Gasteiger partial charge in [-0.05, 0) is 42.9 Å². The summed E-state index contributed by atoms with van der Waals surface area (Å²) in [5, 5.41) is 5.42. The second-order valence-electron chi connectivity index (χ2n) is 6.21.